The second-order valence-electron chi connectivity index (χ2n) is 6.05. The third-order valence-corrected chi connectivity index (χ3v) is 3.93. The predicted octanol–water partition coefficient (Wildman–Crippen LogP) is 3.73. The van der Waals surface area contributed by atoms with Gasteiger partial charge in [-0.1, -0.05) is 30.3 Å². The minimum Gasteiger partial charge on any atom is -0.486 e. The second-order valence-corrected chi connectivity index (χ2v) is 6.05. The summed E-state index contributed by atoms with van der Waals surface area (Å²) in [6.45, 7) is 0.319. The van der Waals surface area contributed by atoms with E-state index in [0.29, 0.717) is 12.4 Å². The first-order chi connectivity index (χ1) is 14.2. The van der Waals surface area contributed by atoms with Crippen LogP contribution in [-0.2, 0) is 6.61 Å². The molecule has 2 heterocycles. The maximum atomic E-state index is 10.9. The minimum absolute atomic E-state index is 0.0616. The quantitative estimate of drug-likeness (QED) is 0.515. The Morgan fingerprint density at radius 2 is 1.69 bits per heavy atom. The van der Waals surface area contributed by atoms with E-state index in [0.717, 1.165) is 17.1 Å². The van der Waals surface area contributed by atoms with Gasteiger partial charge < -0.3 is 14.6 Å². The number of aromatic nitrogens is 4. The van der Waals surface area contributed by atoms with E-state index in [2.05, 4.69) is 15.1 Å². The Kier molecular flexibility index (Phi) is 5.15. The van der Waals surface area contributed by atoms with E-state index in [-0.39, 0.29) is 11.5 Å². The highest BCUT2D eigenvalue weighted by atomic mass is 16.5. The fraction of sp³-hybridized carbons (Fsp3) is 0.0476. The molecular formula is C21H16N4O4. The van der Waals surface area contributed by atoms with Gasteiger partial charge in [-0.25, -0.2) is 19.4 Å². The monoisotopic (exact) mass is 388 g/mol. The fourth-order valence-corrected chi connectivity index (χ4v) is 2.53. The van der Waals surface area contributed by atoms with Gasteiger partial charge in [0.1, 0.15) is 18.1 Å². The number of para-hydroxylation sites is 1. The van der Waals surface area contributed by atoms with Crippen molar-refractivity contribution in [3.05, 3.63) is 90.5 Å². The van der Waals surface area contributed by atoms with Crippen LogP contribution in [0.5, 0.6) is 17.2 Å². The summed E-state index contributed by atoms with van der Waals surface area (Å²) in [5.74, 6) is 1.16. The van der Waals surface area contributed by atoms with E-state index in [9.17, 15) is 4.79 Å². The Morgan fingerprint density at radius 1 is 0.931 bits per heavy atom. The molecule has 0 aliphatic rings. The first-order valence-corrected chi connectivity index (χ1v) is 8.72. The van der Waals surface area contributed by atoms with Crippen LogP contribution in [0.2, 0.25) is 0 Å². The van der Waals surface area contributed by atoms with Crippen LogP contribution in [0.25, 0.3) is 5.95 Å². The van der Waals surface area contributed by atoms with Crippen LogP contribution in [0.1, 0.15) is 15.9 Å². The minimum atomic E-state index is -1.06. The lowest BCUT2D eigenvalue weighted by molar-refractivity contribution is 0.0697. The summed E-state index contributed by atoms with van der Waals surface area (Å²) >= 11 is 0. The van der Waals surface area contributed by atoms with Crippen molar-refractivity contribution < 1.29 is 19.4 Å². The SMILES string of the molecule is O=C(O)c1cnn(-c2ncc(OCc3cccc(Oc4ccccc4)c3)cn2)c1. The molecule has 1 N–H and O–H groups in total. The van der Waals surface area contributed by atoms with Crippen molar-refractivity contribution in [1.82, 2.24) is 19.7 Å². The molecule has 0 atom stereocenters. The van der Waals surface area contributed by atoms with Crippen molar-refractivity contribution in [2.75, 3.05) is 0 Å². The van der Waals surface area contributed by atoms with Crippen LogP contribution in [0.3, 0.4) is 0 Å². The van der Waals surface area contributed by atoms with Crippen LogP contribution < -0.4 is 9.47 Å². The topological polar surface area (TPSA) is 99.4 Å². The number of nitrogens with zero attached hydrogens (tertiary/aromatic N) is 4. The van der Waals surface area contributed by atoms with E-state index in [1.165, 1.54) is 29.5 Å². The number of carbonyl (C=O) groups is 1. The summed E-state index contributed by atoms with van der Waals surface area (Å²) in [7, 11) is 0. The number of hydrogen-bond donors (Lipinski definition) is 1. The highest BCUT2D eigenvalue weighted by molar-refractivity contribution is 5.86. The summed E-state index contributed by atoms with van der Waals surface area (Å²) in [6, 6.07) is 17.2. The van der Waals surface area contributed by atoms with Gasteiger partial charge in [-0.05, 0) is 29.8 Å². The molecule has 0 aliphatic heterocycles. The van der Waals surface area contributed by atoms with Gasteiger partial charge in [-0.3, -0.25) is 0 Å². The molecule has 0 aliphatic carbocycles. The lowest BCUT2D eigenvalue weighted by Gasteiger charge is -2.09. The van der Waals surface area contributed by atoms with Gasteiger partial charge in [0.15, 0.2) is 5.75 Å². The third-order valence-electron chi connectivity index (χ3n) is 3.93. The predicted molar refractivity (Wildman–Crippen MR) is 103 cm³/mol. The Hall–Kier alpha value is -4.20. The molecule has 8 nitrogen and oxygen atoms in total. The molecule has 0 saturated heterocycles. The number of hydrogen-bond acceptors (Lipinski definition) is 6. The molecule has 0 fully saturated rings. The highest BCUT2D eigenvalue weighted by Gasteiger charge is 2.09. The average Bonchev–Trinajstić information content (AvgIpc) is 3.24. The number of carboxylic acid groups (broad SMARTS) is 1. The van der Waals surface area contributed by atoms with Gasteiger partial charge in [-0.2, -0.15) is 5.10 Å². The van der Waals surface area contributed by atoms with E-state index >= 15 is 0 Å². The largest absolute Gasteiger partial charge is 0.486 e. The van der Waals surface area contributed by atoms with Gasteiger partial charge >= 0.3 is 5.97 Å². The molecule has 0 radical (unpaired) electrons. The van der Waals surface area contributed by atoms with Gasteiger partial charge in [0.2, 0.25) is 0 Å². The zero-order valence-electron chi connectivity index (χ0n) is 15.2. The molecule has 4 aromatic rings. The number of benzene rings is 2. The van der Waals surface area contributed by atoms with Gasteiger partial charge in [-0.15, -0.1) is 0 Å². The summed E-state index contributed by atoms with van der Waals surface area (Å²) < 4.78 is 12.8. The standard InChI is InChI=1S/C21H16N4O4/c26-20(27)16-10-24-25(13-16)21-22-11-19(12-23-21)28-14-15-5-4-8-18(9-15)29-17-6-2-1-3-7-17/h1-13H,14H2,(H,26,27). The van der Waals surface area contributed by atoms with Gasteiger partial charge in [0.05, 0.1) is 24.2 Å². The van der Waals surface area contributed by atoms with Crippen LogP contribution in [0, 0.1) is 0 Å². The van der Waals surface area contributed by atoms with Gasteiger partial charge in [0.25, 0.3) is 5.95 Å². The van der Waals surface area contributed by atoms with E-state index in [4.69, 9.17) is 14.6 Å². The number of ether oxygens (including phenoxy) is 2. The Balaban J connectivity index is 1.39. The van der Waals surface area contributed by atoms with Crippen molar-refractivity contribution in [2.24, 2.45) is 0 Å². The molecule has 0 spiro atoms. The summed E-state index contributed by atoms with van der Waals surface area (Å²) in [5.41, 5.74) is 0.993. The summed E-state index contributed by atoms with van der Waals surface area (Å²) in [4.78, 5) is 19.2. The highest BCUT2D eigenvalue weighted by Crippen LogP contribution is 2.22. The molecule has 0 amide bonds. The molecule has 144 valence electrons. The molecule has 4 rings (SSSR count). The summed E-state index contributed by atoms with van der Waals surface area (Å²) in [5, 5.41) is 12.9. The zero-order chi connectivity index (χ0) is 20.1. The Bertz CT molecular complexity index is 1110. The van der Waals surface area contributed by atoms with Crippen LogP contribution >= 0.6 is 0 Å². The normalized spacial score (nSPS) is 10.5. The number of rotatable bonds is 7. The Morgan fingerprint density at radius 3 is 2.41 bits per heavy atom. The van der Waals surface area contributed by atoms with Crippen molar-refractivity contribution in [1.29, 1.82) is 0 Å². The lowest BCUT2D eigenvalue weighted by atomic mass is 10.2. The number of aromatic carboxylic acids is 1. The second kappa shape index (κ2) is 8.22. The van der Waals surface area contributed by atoms with Crippen molar-refractivity contribution >= 4 is 5.97 Å². The van der Waals surface area contributed by atoms with Crippen LogP contribution in [-0.4, -0.2) is 30.8 Å². The fourth-order valence-electron chi connectivity index (χ4n) is 2.53. The average molecular weight is 388 g/mol. The summed E-state index contributed by atoms with van der Waals surface area (Å²) in [6.07, 6.45) is 5.60. The molecule has 2 aromatic carbocycles. The first kappa shape index (κ1) is 18.2. The van der Waals surface area contributed by atoms with Crippen LogP contribution in [0.4, 0.5) is 0 Å². The molecule has 0 unspecified atom stereocenters. The third kappa shape index (κ3) is 4.56. The molecule has 2 aromatic heterocycles. The molecule has 8 heteroatoms. The van der Waals surface area contributed by atoms with Crippen LogP contribution in [0.15, 0.2) is 79.4 Å². The van der Waals surface area contributed by atoms with Crippen molar-refractivity contribution in [2.45, 2.75) is 6.61 Å². The van der Waals surface area contributed by atoms with E-state index in [1.54, 1.807) is 0 Å². The Labute approximate surface area is 166 Å². The maximum Gasteiger partial charge on any atom is 0.338 e. The molecular weight excluding hydrogens is 372 g/mol. The van der Waals surface area contributed by atoms with Crippen molar-refractivity contribution in [3.8, 4) is 23.2 Å². The number of carboxylic acids is 1. The van der Waals surface area contributed by atoms with Crippen molar-refractivity contribution in [3.63, 3.8) is 0 Å². The van der Waals surface area contributed by atoms with E-state index < -0.39 is 5.97 Å². The maximum absolute atomic E-state index is 10.9. The zero-order valence-corrected chi connectivity index (χ0v) is 15.2. The molecule has 0 bridgehead atoms. The van der Waals surface area contributed by atoms with Gasteiger partial charge in [0, 0.05) is 6.20 Å². The first-order valence-electron chi connectivity index (χ1n) is 8.72. The van der Waals surface area contributed by atoms with E-state index in [1.807, 2.05) is 54.6 Å². The lowest BCUT2D eigenvalue weighted by Crippen LogP contribution is -2.03. The molecule has 29 heavy (non-hydrogen) atoms. The molecule has 0 saturated carbocycles. The smallest absolute Gasteiger partial charge is 0.338 e.